The van der Waals surface area contributed by atoms with Gasteiger partial charge >= 0.3 is 5.97 Å². The van der Waals surface area contributed by atoms with Gasteiger partial charge in [-0.05, 0) is 0 Å². The molecule has 1 aliphatic heterocycles. The highest BCUT2D eigenvalue weighted by Crippen LogP contribution is 2.05. The van der Waals surface area contributed by atoms with Crippen molar-refractivity contribution in [3.63, 3.8) is 0 Å². The minimum atomic E-state index is -1.10. The van der Waals surface area contributed by atoms with Gasteiger partial charge in [-0.25, -0.2) is 4.79 Å². The Kier molecular flexibility index (Phi) is 4.08. The maximum absolute atomic E-state index is 10.9. The normalized spacial score (nSPS) is 19.6. The summed E-state index contributed by atoms with van der Waals surface area (Å²) in [5, 5.41) is 4.67. The number of hydrogen-bond donors (Lipinski definition) is 1. The van der Waals surface area contributed by atoms with Crippen molar-refractivity contribution < 1.29 is 9.63 Å². The Morgan fingerprint density at radius 1 is 1.42 bits per heavy atom. The molecule has 0 atom stereocenters. The fourth-order valence-corrected chi connectivity index (χ4v) is 0.982. The molecule has 1 fully saturated rings. The number of rotatable bonds is 2. The van der Waals surface area contributed by atoms with Gasteiger partial charge in [0.15, 0.2) is 0 Å². The number of carbonyl (C=O) groups is 1. The number of halogens is 2. The highest BCUT2D eigenvalue weighted by Gasteiger charge is 2.19. The molecule has 0 aromatic carbocycles. The van der Waals surface area contributed by atoms with E-state index in [0.717, 1.165) is 13.1 Å². The number of nitrogens with one attached hydrogen (secondary N) is 1. The van der Waals surface area contributed by atoms with Crippen LogP contribution in [0.25, 0.3) is 0 Å². The lowest BCUT2D eigenvalue weighted by atomic mass is 10.4. The first-order valence-corrected chi connectivity index (χ1v) is 4.53. The maximum atomic E-state index is 10.9. The lowest BCUT2D eigenvalue weighted by molar-refractivity contribution is -0.190. The van der Waals surface area contributed by atoms with Crippen LogP contribution in [0, 0.1) is 0 Å². The van der Waals surface area contributed by atoms with Crippen LogP contribution < -0.4 is 5.32 Å². The summed E-state index contributed by atoms with van der Waals surface area (Å²) >= 11 is 10.6. The van der Waals surface area contributed by atoms with Gasteiger partial charge < -0.3 is 10.2 Å². The van der Waals surface area contributed by atoms with Gasteiger partial charge in [0.05, 0.1) is 0 Å². The van der Waals surface area contributed by atoms with Crippen LogP contribution in [-0.4, -0.2) is 42.0 Å². The molecule has 6 heteroatoms. The number of alkyl halides is 2. The first-order chi connectivity index (χ1) is 5.70. The zero-order valence-electron chi connectivity index (χ0n) is 6.43. The molecule has 0 amide bonds. The van der Waals surface area contributed by atoms with E-state index in [1.54, 1.807) is 5.06 Å². The Balaban J connectivity index is 2.24. The SMILES string of the molecule is O=C(ON1CCNCC1)C(Cl)Cl. The fraction of sp³-hybridized carbons (Fsp3) is 0.833. The van der Waals surface area contributed by atoms with Crippen LogP contribution in [0.5, 0.6) is 0 Å². The molecule has 70 valence electrons. The molecular formula is C6H10Cl2N2O2. The summed E-state index contributed by atoms with van der Waals surface area (Å²) in [4.78, 5) is 14.6. The minimum absolute atomic E-state index is 0.611. The topological polar surface area (TPSA) is 41.6 Å². The van der Waals surface area contributed by atoms with Crippen LogP contribution in [0.3, 0.4) is 0 Å². The average molecular weight is 213 g/mol. The first kappa shape index (κ1) is 10.1. The molecule has 0 bridgehead atoms. The molecule has 0 aromatic heterocycles. The predicted molar refractivity (Wildman–Crippen MR) is 46.0 cm³/mol. The number of hydrogen-bond acceptors (Lipinski definition) is 4. The van der Waals surface area contributed by atoms with E-state index >= 15 is 0 Å². The van der Waals surface area contributed by atoms with Crippen molar-refractivity contribution in [2.24, 2.45) is 0 Å². The molecular weight excluding hydrogens is 203 g/mol. The van der Waals surface area contributed by atoms with E-state index < -0.39 is 10.8 Å². The lowest BCUT2D eigenvalue weighted by Crippen LogP contribution is -2.44. The van der Waals surface area contributed by atoms with Gasteiger partial charge in [0.25, 0.3) is 0 Å². The van der Waals surface area contributed by atoms with Crippen LogP contribution in [0.1, 0.15) is 0 Å². The summed E-state index contributed by atoms with van der Waals surface area (Å²) in [6, 6.07) is 0. The van der Waals surface area contributed by atoms with Crippen LogP contribution in [0.2, 0.25) is 0 Å². The summed E-state index contributed by atoms with van der Waals surface area (Å²) in [7, 11) is 0. The largest absolute Gasteiger partial charge is 0.365 e. The molecule has 0 saturated carbocycles. The van der Waals surface area contributed by atoms with Crippen molar-refractivity contribution in [3.05, 3.63) is 0 Å². The zero-order chi connectivity index (χ0) is 8.97. The highest BCUT2D eigenvalue weighted by molar-refractivity contribution is 6.52. The second-order valence-corrected chi connectivity index (χ2v) is 3.49. The number of carbonyl (C=O) groups excluding carboxylic acids is 1. The Labute approximate surface area is 80.7 Å². The van der Waals surface area contributed by atoms with Gasteiger partial charge in [-0.1, -0.05) is 23.2 Å². The standard InChI is InChI=1S/C6H10Cl2N2O2/c7-5(8)6(11)12-10-3-1-9-2-4-10/h5,9H,1-4H2. The monoisotopic (exact) mass is 212 g/mol. The third-order valence-corrected chi connectivity index (χ3v) is 1.83. The van der Waals surface area contributed by atoms with Crippen molar-refractivity contribution in [3.8, 4) is 0 Å². The molecule has 0 aliphatic carbocycles. The van der Waals surface area contributed by atoms with Crippen LogP contribution >= 0.6 is 23.2 Å². The fourth-order valence-electron chi connectivity index (χ4n) is 0.903. The van der Waals surface area contributed by atoms with Gasteiger partial charge in [0.1, 0.15) is 0 Å². The number of piperazine rings is 1. The van der Waals surface area contributed by atoms with Crippen molar-refractivity contribution in [2.75, 3.05) is 26.2 Å². The van der Waals surface area contributed by atoms with E-state index in [0.29, 0.717) is 13.1 Å². The van der Waals surface area contributed by atoms with Crippen LogP contribution in [0.4, 0.5) is 0 Å². The molecule has 1 rings (SSSR count). The molecule has 0 spiro atoms. The molecule has 4 nitrogen and oxygen atoms in total. The number of nitrogens with zero attached hydrogens (tertiary/aromatic N) is 1. The van der Waals surface area contributed by atoms with Crippen LogP contribution in [0.15, 0.2) is 0 Å². The van der Waals surface area contributed by atoms with Crippen molar-refractivity contribution in [2.45, 2.75) is 4.84 Å². The van der Waals surface area contributed by atoms with Gasteiger partial charge in [-0.15, -0.1) is 5.06 Å². The summed E-state index contributed by atoms with van der Waals surface area (Å²) in [5.74, 6) is -0.611. The molecule has 0 unspecified atom stereocenters. The number of hydroxylamine groups is 2. The van der Waals surface area contributed by atoms with Gasteiger partial charge in [-0.2, -0.15) is 0 Å². The summed E-state index contributed by atoms with van der Waals surface area (Å²) in [6.45, 7) is 2.96. The second kappa shape index (κ2) is 4.87. The Morgan fingerprint density at radius 2 is 2.00 bits per heavy atom. The van der Waals surface area contributed by atoms with E-state index in [2.05, 4.69) is 5.32 Å². The molecule has 0 aromatic rings. The Morgan fingerprint density at radius 3 is 2.50 bits per heavy atom. The highest BCUT2D eigenvalue weighted by atomic mass is 35.5. The summed E-state index contributed by atoms with van der Waals surface area (Å²) in [6.07, 6.45) is 0. The quantitative estimate of drug-likeness (QED) is 0.663. The third-order valence-electron chi connectivity index (χ3n) is 1.47. The van der Waals surface area contributed by atoms with E-state index in [1.165, 1.54) is 0 Å². The third kappa shape index (κ3) is 3.15. The van der Waals surface area contributed by atoms with Crippen LogP contribution in [-0.2, 0) is 9.63 Å². The Hall–Kier alpha value is -0.0300. The summed E-state index contributed by atoms with van der Waals surface area (Å²) in [5.41, 5.74) is 0. The van der Waals surface area contributed by atoms with Crippen molar-refractivity contribution in [1.29, 1.82) is 0 Å². The first-order valence-electron chi connectivity index (χ1n) is 3.66. The average Bonchev–Trinajstić information content (AvgIpc) is 2.06. The van der Waals surface area contributed by atoms with E-state index in [4.69, 9.17) is 28.0 Å². The molecule has 12 heavy (non-hydrogen) atoms. The van der Waals surface area contributed by atoms with Gasteiger partial charge in [-0.3, -0.25) is 0 Å². The smallest absolute Gasteiger partial charge is 0.358 e. The van der Waals surface area contributed by atoms with E-state index in [-0.39, 0.29) is 0 Å². The van der Waals surface area contributed by atoms with Gasteiger partial charge in [0.2, 0.25) is 4.84 Å². The minimum Gasteiger partial charge on any atom is -0.365 e. The maximum Gasteiger partial charge on any atom is 0.358 e. The zero-order valence-corrected chi connectivity index (χ0v) is 7.94. The molecule has 1 saturated heterocycles. The van der Waals surface area contributed by atoms with Crippen molar-refractivity contribution in [1.82, 2.24) is 10.4 Å². The predicted octanol–water partition coefficient (Wildman–Crippen LogP) is 0.154. The summed E-state index contributed by atoms with van der Waals surface area (Å²) < 4.78 is 0. The lowest BCUT2D eigenvalue weighted by Gasteiger charge is -2.25. The molecule has 0 radical (unpaired) electrons. The van der Waals surface area contributed by atoms with E-state index in [1.807, 2.05) is 0 Å². The van der Waals surface area contributed by atoms with E-state index in [9.17, 15) is 4.79 Å². The second-order valence-electron chi connectivity index (χ2n) is 2.39. The van der Waals surface area contributed by atoms with Crippen molar-refractivity contribution >= 4 is 29.2 Å². The molecule has 1 N–H and O–H groups in total. The molecule has 1 heterocycles. The molecule has 1 aliphatic rings. The van der Waals surface area contributed by atoms with Gasteiger partial charge in [0, 0.05) is 26.2 Å². The Bertz CT molecular complexity index is 160.